The maximum Gasteiger partial charge on any atom is 0.0955 e. The van der Waals surface area contributed by atoms with Gasteiger partial charge in [-0.1, -0.05) is 12.1 Å². The van der Waals surface area contributed by atoms with Gasteiger partial charge in [0, 0.05) is 18.8 Å². The average Bonchev–Trinajstić information content (AvgIpc) is 3.01. The van der Waals surface area contributed by atoms with Gasteiger partial charge in [-0.2, -0.15) is 5.10 Å². The summed E-state index contributed by atoms with van der Waals surface area (Å²) in [6.45, 7) is 0.990. The third kappa shape index (κ3) is 2.43. The number of hydrogen-bond acceptors (Lipinski definition) is 2. The zero-order chi connectivity index (χ0) is 13.2. The lowest BCUT2D eigenvalue weighted by molar-refractivity contribution is 0.765. The molecule has 0 saturated heterocycles. The number of fused-ring (bicyclic) bond motifs is 1. The second kappa shape index (κ2) is 5.17. The summed E-state index contributed by atoms with van der Waals surface area (Å²) in [4.78, 5) is 0. The molecule has 1 heterocycles. The number of hydrogen-bond donors (Lipinski definition) is 1. The number of rotatable bonds is 4. The van der Waals surface area contributed by atoms with E-state index in [4.69, 9.17) is 0 Å². The minimum absolute atomic E-state index is 0.990. The number of nitrogens with one attached hydrogen (secondary N) is 1. The van der Waals surface area contributed by atoms with Crippen LogP contribution in [0, 0.1) is 0 Å². The highest BCUT2D eigenvalue weighted by atomic mass is 15.2. The predicted octanol–water partition coefficient (Wildman–Crippen LogP) is 2.34. The quantitative estimate of drug-likeness (QED) is 0.909. The molecule has 1 aliphatic carbocycles. The third-order valence-electron chi connectivity index (χ3n) is 3.92. The molecule has 1 aromatic carbocycles. The van der Waals surface area contributed by atoms with Crippen LogP contribution in [0.5, 0.6) is 0 Å². The van der Waals surface area contributed by atoms with E-state index in [1.54, 1.807) is 0 Å². The first kappa shape index (κ1) is 12.4. The fourth-order valence-corrected chi connectivity index (χ4v) is 2.94. The van der Waals surface area contributed by atoms with Crippen molar-refractivity contribution in [2.45, 2.75) is 25.7 Å². The zero-order valence-corrected chi connectivity index (χ0v) is 11.7. The highest BCUT2D eigenvalue weighted by molar-refractivity contribution is 5.64. The average molecular weight is 255 g/mol. The van der Waals surface area contributed by atoms with Gasteiger partial charge in [0.05, 0.1) is 5.69 Å². The first-order valence-corrected chi connectivity index (χ1v) is 7.07. The fraction of sp³-hybridized carbons (Fsp3) is 0.438. The van der Waals surface area contributed by atoms with E-state index >= 15 is 0 Å². The Hall–Kier alpha value is -1.61. The number of likely N-dealkylation sites (N-methyl/N-ethyl adjacent to an activating group) is 1. The molecule has 2 aromatic rings. The third-order valence-corrected chi connectivity index (χ3v) is 3.92. The molecule has 1 aromatic heterocycles. The van der Waals surface area contributed by atoms with Crippen LogP contribution < -0.4 is 5.32 Å². The highest BCUT2D eigenvalue weighted by Gasteiger charge is 2.14. The van der Waals surface area contributed by atoms with E-state index in [9.17, 15) is 0 Å². The summed E-state index contributed by atoms with van der Waals surface area (Å²) in [7, 11) is 3.99. The van der Waals surface area contributed by atoms with E-state index in [2.05, 4.69) is 34.8 Å². The summed E-state index contributed by atoms with van der Waals surface area (Å²) >= 11 is 0. The number of aryl methyl sites for hydroxylation is 3. The van der Waals surface area contributed by atoms with Gasteiger partial charge < -0.3 is 5.32 Å². The molecule has 3 rings (SSSR count). The fourth-order valence-electron chi connectivity index (χ4n) is 2.94. The summed E-state index contributed by atoms with van der Waals surface area (Å²) in [6.07, 6.45) is 6.93. The Morgan fingerprint density at radius 3 is 2.95 bits per heavy atom. The van der Waals surface area contributed by atoms with Gasteiger partial charge in [0.2, 0.25) is 0 Å². The smallest absolute Gasteiger partial charge is 0.0955 e. The summed E-state index contributed by atoms with van der Waals surface area (Å²) in [5.74, 6) is 0. The number of benzene rings is 1. The maximum absolute atomic E-state index is 4.65. The van der Waals surface area contributed by atoms with Crippen LogP contribution >= 0.6 is 0 Å². The molecule has 0 atom stereocenters. The van der Waals surface area contributed by atoms with Crippen LogP contribution in [0.25, 0.3) is 11.3 Å². The van der Waals surface area contributed by atoms with Crippen LogP contribution in [0.2, 0.25) is 0 Å². The van der Waals surface area contributed by atoms with E-state index < -0.39 is 0 Å². The Bertz CT molecular complexity index is 584. The first-order valence-electron chi connectivity index (χ1n) is 7.07. The summed E-state index contributed by atoms with van der Waals surface area (Å²) < 4.78 is 1.92. The van der Waals surface area contributed by atoms with Gasteiger partial charge in [-0.3, -0.25) is 4.68 Å². The van der Waals surface area contributed by atoms with E-state index in [1.807, 2.05) is 18.8 Å². The summed E-state index contributed by atoms with van der Waals surface area (Å²) in [5, 5.41) is 7.86. The molecule has 0 amide bonds. The van der Waals surface area contributed by atoms with Gasteiger partial charge in [-0.15, -0.1) is 0 Å². The molecule has 0 aliphatic heterocycles. The molecule has 1 N–H and O–H groups in total. The second-order valence-electron chi connectivity index (χ2n) is 5.37. The molecule has 0 radical (unpaired) electrons. The topological polar surface area (TPSA) is 29.9 Å². The SMILES string of the molecule is CNCCc1cn(C)nc1-c1ccc2c(c1)CCC2. The van der Waals surface area contributed by atoms with Crippen LogP contribution in [-0.2, 0) is 26.3 Å². The summed E-state index contributed by atoms with van der Waals surface area (Å²) in [6, 6.07) is 6.86. The van der Waals surface area contributed by atoms with Crippen molar-refractivity contribution < 1.29 is 0 Å². The molecular weight excluding hydrogens is 234 g/mol. The Kier molecular flexibility index (Phi) is 3.38. The molecular formula is C16H21N3. The van der Waals surface area contributed by atoms with E-state index in [0.29, 0.717) is 0 Å². The van der Waals surface area contributed by atoms with Crippen molar-refractivity contribution >= 4 is 0 Å². The largest absolute Gasteiger partial charge is 0.319 e. The Morgan fingerprint density at radius 1 is 1.26 bits per heavy atom. The zero-order valence-electron chi connectivity index (χ0n) is 11.7. The lowest BCUT2D eigenvalue weighted by Crippen LogP contribution is -2.10. The van der Waals surface area contributed by atoms with Crippen LogP contribution in [0.15, 0.2) is 24.4 Å². The van der Waals surface area contributed by atoms with Crippen molar-refractivity contribution in [2.75, 3.05) is 13.6 Å². The van der Waals surface area contributed by atoms with Gasteiger partial charge in [0.15, 0.2) is 0 Å². The van der Waals surface area contributed by atoms with Gasteiger partial charge >= 0.3 is 0 Å². The van der Waals surface area contributed by atoms with Crippen LogP contribution in [-0.4, -0.2) is 23.4 Å². The van der Waals surface area contributed by atoms with Crippen molar-refractivity contribution in [1.82, 2.24) is 15.1 Å². The first-order chi connectivity index (χ1) is 9.28. The van der Waals surface area contributed by atoms with Crippen molar-refractivity contribution in [1.29, 1.82) is 0 Å². The van der Waals surface area contributed by atoms with Crippen molar-refractivity contribution in [3.05, 3.63) is 41.1 Å². The number of nitrogens with zero attached hydrogens (tertiary/aromatic N) is 2. The van der Waals surface area contributed by atoms with Crippen LogP contribution in [0.3, 0.4) is 0 Å². The molecule has 0 spiro atoms. The van der Waals surface area contributed by atoms with Crippen LogP contribution in [0.4, 0.5) is 0 Å². The lowest BCUT2D eigenvalue weighted by Gasteiger charge is -2.05. The Labute approximate surface area is 114 Å². The lowest BCUT2D eigenvalue weighted by atomic mass is 10.0. The standard InChI is InChI=1S/C16H21N3/c1-17-9-8-15-11-19(2)18-16(15)14-7-6-12-4-3-5-13(12)10-14/h6-7,10-11,17H,3-5,8-9H2,1-2H3. The van der Waals surface area contributed by atoms with Crippen molar-refractivity contribution in [3.8, 4) is 11.3 Å². The molecule has 1 aliphatic rings. The van der Waals surface area contributed by atoms with Gasteiger partial charge in [-0.25, -0.2) is 0 Å². The minimum Gasteiger partial charge on any atom is -0.319 e. The monoisotopic (exact) mass is 255 g/mol. The molecule has 3 nitrogen and oxygen atoms in total. The molecule has 0 fully saturated rings. The van der Waals surface area contributed by atoms with E-state index in [-0.39, 0.29) is 0 Å². The van der Waals surface area contributed by atoms with Crippen molar-refractivity contribution in [2.24, 2.45) is 7.05 Å². The van der Waals surface area contributed by atoms with Gasteiger partial charge in [-0.05, 0) is 62.0 Å². The Morgan fingerprint density at radius 2 is 2.11 bits per heavy atom. The number of aromatic nitrogens is 2. The summed E-state index contributed by atoms with van der Waals surface area (Å²) in [5.41, 5.74) is 6.79. The predicted molar refractivity (Wildman–Crippen MR) is 78.3 cm³/mol. The van der Waals surface area contributed by atoms with Crippen molar-refractivity contribution in [3.63, 3.8) is 0 Å². The molecule has 0 unspecified atom stereocenters. The van der Waals surface area contributed by atoms with E-state index in [0.717, 1.165) is 18.7 Å². The minimum atomic E-state index is 0.990. The van der Waals surface area contributed by atoms with Gasteiger partial charge in [0.25, 0.3) is 0 Å². The molecule has 19 heavy (non-hydrogen) atoms. The van der Waals surface area contributed by atoms with E-state index in [1.165, 1.54) is 41.5 Å². The molecule has 3 heteroatoms. The highest BCUT2D eigenvalue weighted by Crippen LogP contribution is 2.29. The maximum atomic E-state index is 4.65. The molecule has 0 bridgehead atoms. The molecule has 100 valence electrons. The molecule has 0 saturated carbocycles. The second-order valence-corrected chi connectivity index (χ2v) is 5.37. The van der Waals surface area contributed by atoms with Gasteiger partial charge in [0.1, 0.15) is 0 Å². The van der Waals surface area contributed by atoms with Crippen LogP contribution in [0.1, 0.15) is 23.1 Å². The normalized spacial score (nSPS) is 13.8. The Balaban J connectivity index is 1.97.